The summed E-state index contributed by atoms with van der Waals surface area (Å²) in [4.78, 5) is 51.0. The van der Waals surface area contributed by atoms with Gasteiger partial charge in [-0.25, -0.2) is 9.59 Å². The molecular weight excluding hydrogens is 1250 g/mol. The van der Waals surface area contributed by atoms with Crippen LogP contribution in [0.25, 0.3) is 10.8 Å². The van der Waals surface area contributed by atoms with E-state index in [1.54, 1.807) is 24.4 Å². The van der Waals surface area contributed by atoms with Crippen molar-refractivity contribution in [3.05, 3.63) is 72.1 Å². The molecule has 2 saturated carbocycles. The Bertz CT molecular complexity index is 3500. The number of unbranched alkanes of at least 4 members (excludes halogenated alkanes) is 1. The minimum atomic E-state index is -5.35. The summed E-state index contributed by atoms with van der Waals surface area (Å²) in [5, 5.41) is 77.7. The Balaban J connectivity index is 0.927. The topological polar surface area (TPSA) is 463 Å². The van der Waals surface area contributed by atoms with Crippen molar-refractivity contribution < 1.29 is 117 Å². The molecule has 0 bridgehead atoms. The molecule has 498 valence electrons. The van der Waals surface area contributed by atoms with E-state index in [1.165, 1.54) is 23.7 Å². The zero-order chi connectivity index (χ0) is 65.4. The normalized spacial score (nSPS) is 28.2. The molecule has 33 heteroatoms. The predicted molar refractivity (Wildman–Crippen MR) is 311 cm³/mol. The number of amides is 2. The first-order valence-corrected chi connectivity index (χ1v) is 34.0. The second-order valence-electron chi connectivity index (χ2n) is 23.2. The van der Waals surface area contributed by atoms with Crippen molar-refractivity contribution in [1.82, 2.24) is 20.3 Å². The van der Waals surface area contributed by atoms with Crippen LogP contribution >= 0.6 is 0 Å². The summed E-state index contributed by atoms with van der Waals surface area (Å²) in [7, 11) is -15.7. The lowest BCUT2D eigenvalue weighted by atomic mass is 9.75. The first-order valence-electron chi connectivity index (χ1n) is 29.6. The van der Waals surface area contributed by atoms with Crippen molar-refractivity contribution in [1.29, 1.82) is 0 Å². The number of hydrogen-bond acceptors (Lipinski definition) is 23. The van der Waals surface area contributed by atoms with Crippen LogP contribution in [0.3, 0.4) is 0 Å². The molecule has 4 aliphatic rings. The van der Waals surface area contributed by atoms with Gasteiger partial charge in [0.1, 0.15) is 46.4 Å². The molecule has 30 nitrogen and oxygen atoms in total. The summed E-state index contributed by atoms with van der Waals surface area (Å²) >= 11 is 0. The van der Waals surface area contributed by atoms with E-state index in [9.17, 15) is 88.7 Å². The number of aliphatic carboxylic acids is 1. The van der Waals surface area contributed by atoms with Crippen LogP contribution in [0, 0.1) is 17.8 Å². The van der Waals surface area contributed by atoms with E-state index in [0.29, 0.717) is 43.5 Å². The second kappa shape index (κ2) is 30.4. The third-order valence-corrected chi connectivity index (χ3v) is 19.5. The molecular formula is C57H77N5O25S3. The molecule has 90 heavy (non-hydrogen) atoms. The van der Waals surface area contributed by atoms with Crippen molar-refractivity contribution in [3.63, 3.8) is 0 Å². The monoisotopic (exact) mass is 1330 g/mol. The summed E-state index contributed by atoms with van der Waals surface area (Å²) in [5.74, 6) is -4.71. The highest BCUT2D eigenvalue weighted by Gasteiger charge is 2.54. The van der Waals surface area contributed by atoms with E-state index >= 15 is 0 Å². The summed E-state index contributed by atoms with van der Waals surface area (Å²) < 4.78 is 142. The average molecular weight is 1330 g/mol. The smallest absolute Gasteiger partial charge is 0.338 e. The molecule has 0 radical (unpaired) electrons. The number of nitrogens with zero attached hydrogens (tertiary/aromatic N) is 3. The summed E-state index contributed by atoms with van der Waals surface area (Å²) in [6.45, 7) is 2.91. The minimum Gasteiger partial charge on any atom is -0.479 e. The van der Waals surface area contributed by atoms with Crippen LogP contribution in [0.5, 0.6) is 0 Å². The van der Waals surface area contributed by atoms with Crippen LogP contribution in [-0.2, 0) is 86.1 Å². The Morgan fingerprint density at radius 1 is 0.778 bits per heavy atom. The van der Waals surface area contributed by atoms with Gasteiger partial charge in [0.25, 0.3) is 30.4 Å². The summed E-state index contributed by atoms with van der Waals surface area (Å²) in [6, 6.07) is 10.4. The molecule has 2 aliphatic carbocycles. The Morgan fingerprint density at radius 3 is 2.14 bits per heavy atom. The third kappa shape index (κ3) is 17.5. The number of carbonyl (C=O) groups is 4. The van der Waals surface area contributed by atoms with E-state index < -0.39 is 178 Å². The maximum absolute atomic E-state index is 14.3. The fraction of sp³-hybridized carbons (Fsp3) is 0.614. The number of nitrogens with one attached hydrogen (secondary N) is 2. The quantitative estimate of drug-likeness (QED) is 0.0231. The molecule has 2 aliphatic heterocycles. The molecule has 3 aromatic carbocycles. The van der Waals surface area contributed by atoms with Gasteiger partial charge in [-0.05, 0) is 100 Å². The number of anilines is 1. The number of esters is 1. The highest BCUT2D eigenvalue weighted by atomic mass is 32.2. The van der Waals surface area contributed by atoms with Gasteiger partial charge in [0, 0.05) is 42.4 Å². The highest BCUT2D eigenvalue weighted by Crippen LogP contribution is 2.42. The van der Waals surface area contributed by atoms with Crippen LogP contribution in [0.15, 0.2) is 75.5 Å². The SMILES string of the molecule is CCC1CC(C(=O)NCCCc2cn(CCCCC(=O)Nc3ccc(S(=O)(=O)O)c4cc(S(=O)(=O)O)cc(S(=O)(=O)O)c34)nn2)CC(OC2O[C@H](CO)C(O)C(O[C@@H](CC3CCCCC3)C(=O)O)C2OC(=O)c2ccccc2)C1OC1OC(C)C(O)C(O)C1O. The first kappa shape index (κ1) is 70.1. The van der Waals surface area contributed by atoms with Gasteiger partial charge in [0.2, 0.25) is 11.8 Å². The fourth-order valence-electron chi connectivity index (χ4n) is 12.1. The van der Waals surface area contributed by atoms with E-state index in [0.717, 1.165) is 44.2 Å². The standard InChI is InChI=1S/C57H77N5O25S3/c1-3-32-24-34(53(69)58-21-12-17-35-28-62(61-60-35)22-11-10-18-44(64)59-38-19-20-42(89(76,77)78)37-26-36(88(73,74)75)27-43(45(37)38)90(79,80)81)25-39(50(32)87-56-49(68)48(67)46(65)30(2)82-56)84-57-52(86-55(72)33-15-8-5-9-16-33)51(47(66)41(29-63)85-57)83-40(54(70)71)23-31-13-6-4-7-14-31/h5,8-9,15-16,19-20,26-28,30-32,34,39-41,46-52,56-57,63,65-68H,3-4,6-7,10-14,17-18,21-25,29H2,1-2H3,(H,58,69)(H,59,64)(H,70,71)(H,73,74,75)(H,76,77,78)(H,79,80,81)/t30?,32?,34?,39?,40-,41+,46?,47?,48?,49?,50?,51?,52?,56?,57?/m0/s1. The van der Waals surface area contributed by atoms with Gasteiger partial charge in [-0.1, -0.05) is 68.9 Å². The molecule has 4 aromatic rings. The predicted octanol–water partition coefficient (Wildman–Crippen LogP) is 2.18. The zero-order valence-electron chi connectivity index (χ0n) is 49.2. The second-order valence-corrected chi connectivity index (χ2v) is 27.4. The number of fused-ring (bicyclic) bond motifs is 1. The van der Waals surface area contributed by atoms with Crippen molar-refractivity contribution in [2.75, 3.05) is 18.5 Å². The van der Waals surface area contributed by atoms with Gasteiger partial charge >= 0.3 is 11.9 Å². The number of aliphatic hydroxyl groups excluding tert-OH is 5. The molecule has 2 amide bonds. The van der Waals surface area contributed by atoms with Crippen molar-refractivity contribution in [2.45, 2.75) is 205 Å². The number of rotatable bonds is 27. The highest BCUT2D eigenvalue weighted by molar-refractivity contribution is 7.87. The molecule has 13 unspecified atom stereocenters. The van der Waals surface area contributed by atoms with Crippen LogP contribution < -0.4 is 10.6 Å². The first-order chi connectivity index (χ1) is 42.6. The van der Waals surface area contributed by atoms with Gasteiger partial charge in [-0.15, -0.1) is 5.10 Å². The Hall–Kier alpha value is -5.73. The van der Waals surface area contributed by atoms with E-state index in [1.807, 2.05) is 6.92 Å². The fourth-order valence-corrected chi connectivity index (χ4v) is 14.1. The Morgan fingerprint density at radius 2 is 1.49 bits per heavy atom. The molecule has 11 N–H and O–H groups in total. The lowest BCUT2D eigenvalue weighted by Gasteiger charge is -2.48. The van der Waals surface area contributed by atoms with Crippen molar-refractivity contribution in [3.8, 4) is 0 Å². The van der Waals surface area contributed by atoms with Crippen LogP contribution in [-0.4, -0.2) is 201 Å². The zero-order valence-corrected chi connectivity index (χ0v) is 51.6. The number of carboxylic acid groups (broad SMARTS) is 1. The van der Waals surface area contributed by atoms with Gasteiger partial charge in [0.05, 0.1) is 46.8 Å². The van der Waals surface area contributed by atoms with Crippen molar-refractivity contribution in [2.24, 2.45) is 17.8 Å². The lowest BCUT2D eigenvalue weighted by molar-refractivity contribution is -0.349. The molecule has 4 fully saturated rings. The minimum absolute atomic E-state index is 0.0161. The molecule has 8 rings (SSSR count). The number of aryl methyl sites for hydroxylation is 2. The molecule has 1 aromatic heterocycles. The number of carbonyl (C=O) groups excluding carboxylic acids is 3. The van der Waals surface area contributed by atoms with Crippen LogP contribution in [0.2, 0.25) is 0 Å². The van der Waals surface area contributed by atoms with Crippen molar-refractivity contribution >= 4 is 70.6 Å². The maximum Gasteiger partial charge on any atom is 0.338 e. The number of aromatic nitrogens is 3. The Labute approximate surface area is 518 Å². The van der Waals surface area contributed by atoms with E-state index in [4.69, 9.17) is 28.4 Å². The number of hydrogen-bond donors (Lipinski definition) is 11. The van der Waals surface area contributed by atoms with Crippen LogP contribution in [0.1, 0.15) is 113 Å². The number of carboxylic acids is 1. The maximum atomic E-state index is 14.3. The van der Waals surface area contributed by atoms with E-state index in [-0.39, 0.29) is 62.4 Å². The number of ether oxygens (including phenoxy) is 6. The molecule has 0 spiro atoms. The number of aliphatic hydroxyl groups is 5. The van der Waals surface area contributed by atoms with Gasteiger partial charge < -0.3 is 69.7 Å². The molecule has 2 saturated heterocycles. The van der Waals surface area contributed by atoms with Gasteiger partial charge in [0.15, 0.2) is 24.8 Å². The Kier molecular flexibility index (Phi) is 23.7. The van der Waals surface area contributed by atoms with Crippen LogP contribution in [0.4, 0.5) is 5.69 Å². The van der Waals surface area contributed by atoms with E-state index in [2.05, 4.69) is 20.9 Å². The third-order valence-electron chi connectivity index (χ3n) is 16.8. The van der Waals surface area contributed by atoms with Gasteiger partial charge in [-0.3, -0.25) is 27.9 Å². The lowest BCUT2D eigenvalue weighted by Crippen LogP contribution is -2.64. The largest absolute Gasteiger partial charge is 0.479 e. The van der Waals surface area contributed by atoms with Gasteiger partial charge in [-0.2, -0.15) is 25.3 Å². The summed E-state index contributed by atoms with van der Waals surface area (Å²) in [6.07, 6.45) is -11.9. The number of benzene rings is 3. The summed E-state index contributed by atoms with van der Waals surface area (Å²) in [5.41, 5.74) is 0.258. The molecule has 3 heterocycles. The molecule has 15 atom stereocenters. The average Bonchev–Trinajstić information content (AvgIpc) is 0.957.